The number of hydrogen-bond acceptors (Lipinski definition) is 7. The standard InChI is InChI=1S/C29H18FN3O4S/c30-19-13-11-17(12-14-19)23-16-38-29(32-23)33-25(34)15-36-28(35)21-8-4-6-18-5-3-7-20(26(18)21)27-31-22-9-1-2-10-24(22)37-27/h1-14,16H,15H2,(H,32,33,34). The van der Waals surface area contributed by atoms with Crippen molar-refractivity contribution < 1.29 is 23.1 Å². The molecular formula is C29H18FN3O4S. The molecule has 1 N–H and O–H groups in total. The highest BCUT2D eigenvalue weighted by Gasteiger charge is 2.19. The van der Waals surface area contributed by atoms with E-state index in [1.165, 1.54) is 23.5 Å². The number of ether oxygens (including phenoxy) is 1. The molecule has 0 fully saturated rings. The first-order chi connectivity index (χ1) is 18.5. The van der Waals surface area contributed by atoms with Gasteiger partial charge >= 0.3 is 5.97 Å². The van der Waals surface area contributed by atoms with Crippen LogP contribution in [0.4, 0.5) is 9.52 Å². The van der Waals surface area contributed by atoms with Crippen molar-refractivity contribution >= 4 is 50.2 Å². The van der Waals surface area contributed by atoms with E-state index in [1.54, 1.807) is 29.6 Å². The number of nitrogens with one attached hydrogen (secondary N) is 1. The highest BCUT2D eigenvalue weighted by atomic mass is 32.1. The molecule has 186 valence electrons. The number of carbonyl (C=O) groups is 2. The molecule has 0 unspecified atom stereocenters. The van der Waals surface area contributed by atoms with Crippen LogP contribution < -0.4 is 5.32 Å². The van der Waals surface area contributed by atoms with Crippen LogP contribution in [-0.2, 0) is 9.53 Å². The molecule has 2 heterocycles. The average Bonchev–Trinajstić information content (AvgIpc) is 3.59. The Morgan fingerprint density at radius 1 is 0.921 bits per heavy atom. The van der Waals surface area contributed by atoms with Gasteiger partial charge in [-0.1, -0.05) is 36.4 Å². The maximum Gasteiger partial charge on any atom is 0.339 e. The molecule has 0 saturated carbocycles. The van der Waals surface area contributed by atoms with E-state index >= 15 is 0 Å². The van der Waals surface area contributed by atoms with Crippen LogP contribution in [0, 0.1) is 5.82 Å². The summed E-state index contributed by atoms with van der Waals surface area (Å²) in [5.74, 6) is -1.14. The van der Waals surface area contributed by atoms with Gasteiger partial charge in [-0.05, 0) is 53.9 Å². The lowest BCUT2D eigenvalue weighted by Gasteiger charge is -2.10. The number of halogens is 1. The van der Waals surface area contributed by atoms with E-state index in [0.717, 1.165) is 10.9 Å². The molecule has 0 saturated heterocycles. The van der Waals surface area contributed by atoms with Crippen LogP contribution in [0.25, 0.3) is 44.6 Å². The first-order valence-electron chi connectivity index (χ1n) is 11.6. The fourth-order valence-corrected chi connectivity index (χ4v) is 4.86. The fraction of sp³-hybridized carbons (Fsp3) is 0.0345. The molecule has 0 radical (unpaired) electrons. The van der Waals surface area contributed by atoms with E-state index in [2.05, 4.69) is 15.3 Å². The monoisotopic (exact) mass is 523 g/mol. The summed E-state index contributed by atoms with van der Waals surface area (Å²) in [5.41, 5.74) is 3.61. The number of thiazole rings is 1. The summed E-state index contributed by atoms with van der Waals surface area (Å²) in [4.78, 5) is 34.5. The molecule has 0 atom stereocenters. The van der Waals surface area contributed by atoms with E-state index < -0.39 is 18.5 Å². The van der Waals surface area contributed by atoms with Crippen LogP contribution in [0.1, 0.15) is 10.4 Å². The maximum atomic E-state index is 13.2. The molecule has 38 heavy (non-hydrogen) atoms. The Bertz CT molecular complexity index is 1770. The zero-order valence-electron chi connectivity index (χ0n) is 19.7. The van der Waals surface area contributed by atoms with Crippen molar-refractivity contribution in [3.63, 3.8) is 0 Å². The van der Waals surface area contributed by atoms with E-state index in [4.69, 9.17) is 9.15 Å². The second kappa shape index (κ2) is 9.87. The number of para-hydroxylation sites is 2. The summed E-state index contributed by atoms with van der Waals surface area (Å²) in [6.07, 6.45) is 0. The smallest absolute Gasteiger partial charge is 0.339 e. The molecule has 9 heteroatoms. The number of carbonyl (C=O) groups excluding carboxylic acids is 2. The quantitative estimate of drug-likeness (QED) is 0.244. The Balaban J connectivity index is 1.20. The first-order valence-corrected chi connectivity index (χ1v) is 12.5. The summed E-state index contributed by atoms with van der Waals surface area (Å²) < 4.78 is 24.5. The fourth-order valence-electron chi connectivity index (χ4n) is 4.13. The SMILES string of the molecule is O=C(COC(=O)c1cccc2cccc(-c3nc4ccccc4o3)c12)Nc1nc(-c2ccc(F)cc2)cs1. The van der Waals surface area contributed by atoms with E-state index in [-0.39, 0.29) is 5.82 Å². The number of fused-ring (bicyclic) bond motifs is 2. The van der Waals surface area contributed by atoms with E-state index in [0.29, 0.717) is 44.3 Å². The molecule has 0 aliphatic carbocycles. The minimum atomic E-state index is -0.652. The topological polar surface area (TPSA) is 94.3 Å². The number of oxazole rings is 1. The van der Waals surface area contributed by atoms with Crippen molar-refractivity contribution in [1.29, 1.82) is 0 Å². The summed E-state index contributed by atoms with van der Waals surface area (Å²) >= 11 is 1.22. The number of hydrogen-bond donors (Lipinski definition) is 1. The highest BCUT2D eigenvalue weighted by molar-refractivity contribution is 7.14. The Morgan fingerprint density at radius 2 is 1.71 bits per heavy atom. The second-order valence-electron chi connectivity index (χ2n) is 8.37. The minimum absolute atomic E-state index is 0.293. The predicted molar refractivity (Wildman–Crippen MR) is 143 cm³/mol. The van der Waals surface area contributed by atoms with Crippen LogP contribution in [0.15, 0.2) is 94.7 Å². The molecule has 0 aliphatic heterocycles. The summed E-state index contributed by atoms with van der Waals surface area (Å²) in [6, 6.07) is 24.2. The summed E-state index contributed by atoms with van der Waals surface area (Å²) in [6.45, 7) is -0.494. The molecule has 1 amide bonds. The van der Waals surface area contributed by atoms with Crippen LogP contribution in [0.5, 0.6) is 0 Å². The Kier molecular flexibility index (Phi) is 6.11. The lowest BCUT2D eigenvalue weighted by atomic mass is 9.99. The van der Waals surface area contributed by atoms with Crippen molar-refractivity contribution in [3.05, 3.63) is 102 Å². The van der Waals surface area contributed by atoms with Crippen molar-refractivity contribution in [1.82, 2.24) is 9.97 Å². The third-order valence-corrected chi connectivity index (χ3v) is 6.63. The number of amides is 1. The molecule has 4 aromatic carbocycles. The predicted octanol–water partition coefficient (Wildman–Crippen LogP) is 6.71. The van der Waals surface area contributed by atoms with Gasteiger partial charge in [-0.25, -0.2) is 19.2 Å². The van der Waals surface area contributed by atoms with Crippen molar-refractivity contribution in [3.8, 4) is 22.7 Å². The highest BCUT2D eigenvalue weighted by Crippen LogP contribution is 2.33. The van der Waals surface area contributed by atoms with Gasteiger partial charge in [-0.2, -0.15) is 0 Å². The van der Waals surface area contributed by atoms with Gasteiger partial charge in [0, 0.05) is 21.9 Å². The number of aromatic nitrogens is 2. The van der Waals surface area contributed by atoms with E-state index in [1.807, 2.05) is 48.5 Å². The van der Waals surface area contributed by atoms with Crippen LogP contribution in [0.3, 0.4) is 0 Å². The third kappa shape index (κ3) is 4.62. The van der Waals surface area contributed by atoms with Crippen molar-refractivity contribution in [2.75, 3.05) is 11.9 Å². The molecular weight excluding hydrogens is 505 g/mol. The van der Waals surface area contributed by atoms with Gasteiger partial charge in [0.1, 0.15) is 11.3 Å². The third-order valence-electron chi connectivity index (χ3n) is 5.87. The molecule has 0 bridgehead atoms. The van der Waals surface area contributed by atoms with Gasteiger partial charge in [-0.15, -0.1) is 11.3 Å². The molecule has 7 nitrogen and oxygen atoms in total. The lowest BCUT2D eigenvalue weighted by molar-refractivity contribution is -0.119. The molecule has 2 aromatic heterocycles. The normalized spacial score (nSPS) is 11.1. The lowest BCUT2D eigenvalue weighted by Crippen LogP contribution is -2.21. The molecule has 6 aromatic rings. The van der Waals surface area contributed by atoms with Crippen molar-refractivity contribution in [2.45, 2.75) is 0 Å². The maximum absolute atomic E-state index is 13.2. The second-order valence-corrected chi connectivity index (χ2v) is 9.22. The molecule has 0 spiro atoms. The van der Waals surface area contributed by atoms with Crippen LogP contribution in [-0.4, -0.2) is 28.5 Å². The number of esters is 1. The number of nitrogens with zero attached hydrogens (tertiary/aromatic N) is 2. The van der Waals surface area contributed by atoms with E-state index in [9.17, 15) is 14.0 Å². The van der Waals surface area contributed by atoms with Crippen molar-refractivity contribution in [2.24, 2.45) is 0 Å². The van der Waals surface area contributed by atoms with Gasteiger partial charge in [0.25, 0.3) is 5.91 Å². The largest absolute Gasteiger partial charge is 0.452 e. The number of benzene rings is 4. The zero-order valence-corrected chi connectivity index (χ0v) is 20.5. The van der Waals surface area contributed by atoms with Gasteiger partial charge in [0.2, 0.25) is 5.89 Å². The average molecular weight is 524 g/mol. The zero-order chi connectivity index (χ0) is 26.1. The first kappa shape index (κ1) is 23.5. The van der Waals surface area contributed by atoms with Gasteiger partial charge in [0.15, 0.2) is 17.3 Å². The van der Waals surface area contributed by atoms with Gasteiger partial charge in [0.05, 0.1) is 11.3 Å². The summed E-state index contributed by atoms with van der Waals surface area (Å²) in [5, 5.41) is 6.15. The Hall–Kier alpha value is -4.89. The van der Waals surface area contributed by atoms with Gasteiger partial charge < -0.3 is 9.15 Å². The Labute approximate surface area is 219 Å². The Morgan fingerprint density at radius 3 is 2.53 bits per heavy atom. The minimum Gasteiger partial charge on any atom is -0.452 e. The van der Waals surface area contributed by atoms with Gasteiger partial charge in [-0.3, -0.25) is 10.1 Å². The van der Waals surface area contributed by atoms with Crippen LogP contribution in [0.2, 0.25) is 0 Å². The molecule has 0 aliphatic rings. The summed E-state index contributed by atoms with van der Waals surface area (Å²) in [7, 11) is 0. The number of rotatable bonds is 6. The molecule has 6 rings (SSSR count). The number of anilines is 1. The van der Waals surface area contributed by atoms with Crippen LogP contribution >= 0.6 is 11.3 Å².